The zero-order valence-electron chi connectivity index (χ0n) is 32.0. The number of phenolic OH excluding ortho intramolecular Hbond substituents is 2. The highest BCUT2D eigenvalue weighted by Crippen LogP contribution is 2.36. The minimum atomic E-state index is -0.721. The van der Waals surface area contributed by atoms with E-state index in [0.717, 1.165) is 47.1 Å². The van der Waals surface area contributed by atoms with E-state index >= 15 is 0 Å². The van der Waals surface area contributed by atoms with Crippen LogP contribution < -0.4 is 20.7 Å². The fourth-order valence-electron chi connectivity index (χ4n) is 7.34. The Morgan fingerprint density at radius 2 is 1.40 bits per heavy atom. The van der Waals surface area contributed by atoms with E-state index in [0.29, 0.717) is 61.4 Å². The number of rotatable bonds is 17. The number of nitrogens with zero attached hydrogens (tertiary/aromatic N) is 1. The second kappa shape index (κ2) is 18.9. The summed E-state index contributed by atoms with van der Waals surface area (Å²) < 4.78 is 5.91. The van der Waals surface area contributed by atoms with Crippen LogP contribution in [0.2, 0.25) is 0 Å². The first-order valence-electron chi connectivity index (χ1n) is 19.5. The van der Waals surface area contributed by atoms with Crippen molar-refractivity contribution < 1.29 is 38.9 Å². The van der Waals surface area contributed by atoms with Crippen LogP contribution in [0.1, 0.15) is 97.3 Å². The van der Waals surface area contributed by atoms with Crippen LogP contribution >= 0.6 is 0 Å². The van der Waals surface area contributed by atoms with Crippen LogP contribution in [0.4, 0.5) is 5.69 Å². The summed E-state index contributed by atoms with van der Waals surface area (Å²) in [6, 6.07) is 26.4. The Morgan fingerprint density at radius 3 is 2.04 bits per heavy atom. The fraction of sp³-hybridized carbons (Fsp3) is 0.311. The quantitative estimate of drug-likeness (QED) is 0.0448. The first kappa shape index (κ1) is 40.2. The van der Waals surface area contributed by atoms with Gasteiger partial charge in [0.1, 0.15) is 29.9 Å². The standard InChI is InChI=1S/C45H48N4O8/c1-2-35(29-12-18-32(50)19-13-29)43(30-14-20-33(51)21-15-30)31-16-22-34(23-17-31)57-27-26-46-40(52)10-5-3-4-6-11-41(53)47-38-9-7-8-36-37(38)28-49(45(36)56)39-24-25-42(54)48-44(39)55/h7-9,12-23,39,50-51H,2-6,10-11,24-28H2,1H3,(H,46,52)(H,47,53)(H,48,54,55). The highest BCUT2D eigenvalue weighted by atomic mass is 16.5. The fourth-order valence-corrected chi connectivity index (χ4v) is 7.34. The Bertz CT molecular complexity index is 2130. The van der Waals surface area contributed by atoms with E-state index in [1.807, 2.05) is 48.5 Å². The molecule has 12 nitrogen and oxygen atoms in total. The van der Waals surface area contributed by atoms with Crippen molar-refractivity contribution in [2.75, 3.05) is 18.5 Å². The van der Waals surface area contributed by atoms with Crippen LogP contribution in [0, 0.1) is 0 Å². The summed E-state index contributed by atoms with van der Waals surface area (Å²) in [6.07, 6.45) is 4.79. The van der Waals surface area contributed by atoms with Crippen molar-refractivity contribution in [1.29, 1.82) is 0 Å². The molecular formula is C45H48N4O8. The molecular weight excluding hydrogens is 725 g/mol. The molecule has 0 saturated carbocycles. The molecule has 0 aromatic heterocycles. The highest BCUT2D eigenvalue weighted by Gasteiger charge is 2.40. The molecule has 296 valence electrons. The molecule has 0 bridgehead atoms. The number of hydrogen-bond acceptors (Lipinski definition) is 8. The normalized spacial score (nSPS) is 15.4. The summed E-state index contributed by atoms with van der Waals surface area (Å²) in [5.41, 5.74) is 6.68. The van der Waals surface area contributed by atoms with Gasteiger partial charge in [-0.2, -0.15) is 0 Å². The number of imide groups is 1. The summed E-state index contributed by atoms with van der Waals surface area (Å²) in [5, 5.41) is 27.9. The Balaban J connectivity index is 0.892. The maximum atomic E-state index is 13.1. The van der Waals surface area contributed by atoms with Crippen LogP contribution in [0.3, 0.4) is 0 Å². The van der Waals surface area contributed by atoms with Gasteiger partial charge in [0.15, 0.2) is 0 Å². The number of hydrogen-bond donors (Lipinski definition) is 5. The Morgan fingerprint density at radius 1 is 0.789 bits per heavy atom. The van der Waals surface area contributed by atoms with Gasteiger partial charge in [0.25, 0.3) is 5.91 Å². The zero-order valence-corrected chi connectivity index (χ0v) is 32.0. The molecule has 1 atom stereocenters. The van der Waals surface area contributed by atoms with Crippen molar-refractivity contribution in [3.05, 3.63) is 119 Å². The Labute approximate surface area is 331 Å². The van der Waals surface area contributed by atoms with Crippen molar-refractivity contribution in [3.63, 3.8) is 0 Å². The molecule has 2 aliphatic rings. The second-order valence-electron chi connectivity index (χ2n) is 14.2. The van der Waals surface area contributed by atoms with Crippen molar-refractivity contribution >= 4 is 46.4 Å². The zero-order chi connectivity index (χ0) is 40.3. The van der Waals surface area contributed by atoms with Crippen molar-refractivity contribution in [2.45, 2.75) is 77.3 Å². The number of carbonyl (C=O) groups is 5. The molecule has 0 spiro atoms. The number of allylic oxidation sites excluding steroid dienone is 1. The van der Waals surface area contributed by atoms with Gasteiger partial charge in [-0.1, -0.05) is 62.2 Å². The smallest absolute Gasteiger partial charge is 0.255 e. The van der Waals surface area contributed by atoms with Gasteiger partial charge < -0.3 is 30.5 Å². The van der Waals surface area contributed by atoms with E-state index in [1.54, 1.807) is 42.5 Å². The van der Waals surface area contributed by atoms with Gasteiger partial charge in [-0.05, 0) is 102 Å². The van der Waals surface area contributed by atoms with Gasteiger partial charge in [-0.15, -0.1) is 0 Å². The third-order valence-corrected chi connectivity index (χ3v) is 10.3. The Kier molecular flexibility index (Phi) is 13.4. The number of phenols is 2. The number of aromatic hydroxyl groups is 2. The average molecular weight is 773 g/mol. The van der Waals surface area contributed by atoms with Crippen LogP contribution in [-0.2, 0) is 25.7 Å². The molecule has 5 N–H and O–H groups in total. The molecule has 57 heavy (non-hydrogen) atoms. The SMILES string of the molecule is CCC(=C(c1ccc(O)cc1)c1ccc(OCCNC(=O)CCCCCCC(=O)Nc2cccc3c2CN(C2CCC(=O)NC2=O)C3=O)cc1)c1ccc(O)cc1. The van der Waals surface area contributed by atoms with Crippen molar-refractivity contribution in [3.8, 4) is 17.2 Å². The molecule has 12 heteroatoms. The molecule has 2 aliphatic heterocycles. The van der Waals surface area contributed by atoms with Gasteiger partial charge >= 0.3 is 0 Å². The summed E-state index contributed by atoms with van der Waals surface area (Å²) >= 11 is 0. The van der Waals surface area contributed by atoms with Crippen LogP contribution in [0.15, 0.2) is 91.0 Å². The summed E-state index contributed by atoms with van der Waals surface area (Å²) in [6.45, 7) is 2.94. The summed E-state index contributed by atoms with van der Waals surface area (Å²) in [5.74, 6) is -0.283. The number of carbonyl (C=O) groups excluding carboxylic acids is 5. The molecule has 5 amide bonds. The van der Waals surface area contributed by atoms with E-state index in [2.05, 4.69) is 22.9 Å². The van der Waals surface area contributed by atoms with Crippen molar-refractivity contribution in [2.24, 2.45) is 0 Å². The lowest BCUT2D eigenvalue weighted by molar-refractivity contribution is -0.137. The van der Waals surface area contributed by atoms with E-state index in [9.17, 15) is 34.2 Å². The molecule has 6 rings (SSSR count). The third kappa shape index (κ3) is 10.3. The minimum absolute atomic E-state index is 0.0597. The maximum absolute atomic E-state index is 13.1. The number of ether oxygens (including phenoxy) is 1. The van der Waals surface area contributed by atoms with Gasteiger partial charge in [-0.3, -0.25) is 29.3 Å². The topological polar surface area (TPSA) is 174 Å². The van der Waals surface area contributed by atoms with Crippen LogP contribution in [0.5, 0.6) is 17.2 Å². The minimum Gasteiger partial charge on any atom is -0.508 e. The second-order valence-corrected chi connectivity index (χ2v) is 14.2. The van der Waals surface area contributed by atoms with Gasteiger partial charge in [0.05, 0.1) is 6.54 Å². The van der Waals surface area contributed by atoms with E-state index in [-0.39, 0.29) is 54.5 Å². The monoisotopic (exact) mass is 772 g/mol. The predicted molar refractivity (Wildman–Crippen MR) is 216 cm³/mol. The highest BCUT2D eigenvalue weighted by molar-refractivity contribution is 6.07. The maximum Gasteiger partial charge on any atom is 0.255 e. The summed E-state index contributed by atoms with van der Waals surface area (Å²) in [4.78, 5) is 63.7. The van der Waals surface area contributed by atoms with E-state index in [4.69, 9.17) is 4.74 Å². The number of piperidine rings is 1. The van der Waals surface area contributed by atoms with Gasteiger partial charge in [0, 0.05) is 42.6 Å². The molecule has 4 aromatic carbocycles. The van der Waals surface area contributed by atoms with Crippen molar-refractivity contribution in [1.82, 2.24) is 15.5 Å². The van der Waals surface area contributed by atoms with Crippen LogP contribution in [-0.4, -0.2) is 63.8 Å². The number of amides is 5. The lowest BCUT2D eigenvalue weighted by Gasteiger charge is -2.29. The van der Waals surface area contributed by atoms with Gasteiger partial charge in [-0.25, -0.2) is 0 Å². The molecule has 0 aliphatic carbocycles. The van der Waals surface area contributed by atoms with Gasteiger partial charge in [0.2, 0.25) is 23.6 Å². The molecule has 1 saturated heterocycles. The number of anilines is 1. The number of fused-ring (bicyclic) bond motifs is 1. The Hall–Kier alpha value is -6.43. The first-order chi connectivity index (χ1) is 27.6. The predicted octanol–water partition coefficient (Wildman–Crippen LogP) is 6.70. The van der Waals surface area contributed by atoms with Crippen LogP contribution in [0.25, 0.3) is 11.1 Å². The first-order valence-corrected chi connectivity index (χ1v) is 19.5. The molecule has 2 heterocycles. The molecule has 4 aromatic rings. The number of benzene rings is 4. The number of nitrogens with one attached hydrogen (secondary N) is 3. The molecule has 0 radical (unpaired) electrons. The lowest BCUT2D eigenvalue weighted by atomic mass is 9.88. The van der Waals surface area contributed by atoms with E-state index in [1.165, 1.54) is 4.90 Å². The summed E-state index contributed by atoms with van der Waals surface area (Å²) in [7, 11) is 0. The molecule has 1 unspecified atom stereocenters. The average Bonchev–Trinajstić information content (AvgIpc) is 3.54. The third-order valence-electron chi connectivity index (χ3n) is 10.3. The van der Waals surface area contributed by atoms with E-state index < -0.39 is 11.9 Å². The lowest BCUT2D eigenvalue weighted by Crippen LogP contribution is -2.52. The number of unbranched alkanes of at least 4 members (excludes halogenated alkanes) is 3. The molecule has 1 fully saturated rings. The largest absolute Gasteiger partial charge is 0.508 e.